The van der Waals surface area contributed by atoms with Crippen molar-refractivity contribution in [1.29, 1.82) is 0 Å². The highest BCUT2D eigenvalue weighted by Crippen LogP contribution is 2.22. The third-order valence-corrected chi connectivity index (χ3v) is 5.90. The Kier molecular flexibility index (Phi) is 9.35. The van der Waals surface area contributed by atoms with Crippen LogP contribution in [0.5, 0.6) is 5.75 Å². The SMILES string of the molecule is CC[C@@H](C(=O)NC)N(Cc1cccc(OC)c1)C(=O)CSCc1ccccc1Cl. The van der Waals surface area contributed by atoms with E-state index in [4.69, 9.17) is 16.3 Å². The zero-order valence-corrected chi connectivity index (χ0v) is 18.6. The second kappa shape index (κ2) is 11.7. The smallest absolute Gasteiger partial charge is 0.242 e. The molecular weight excluding hydrogens is 408 g/mol. The minimum absolute atomic E-state index is 0.0830. The highest BCUT2D eigenvalue weighted by molar-refractivity contribution is 7.99. The van der Waals surface area contributed by atoms with E-state index in [1.54, 1.807) is 19.1 Å². The molecule has 29 heavy (non-hydrogen) atoms. The van der Waals surface area contributed by atoms with Gasteiger partial charge in [-0.25, -0.2) is 0 Å². The Balaban J connectivity index is 2.13. The van der Waals surface area contributed by atoms with E-state index < -0.39 is 6.04 Å². The van der Waals surface area contributed by atoms with Gasteiger partial charge >= 0.3 is 0 Å². The van der Waals surface area contributed by atoms with E-state index in [2.05, 4.69) is 5.32 Å². The van der Waals surface area contributed by atoms with Crippen LogP contribution < -0.4 is 10.1 Å². The number of carbonyl (C=O) groups is 2. The normalized spacial score (nSPS) is 11.6. The summed E-state index contributed by atoms with van der Waals surface area (Å²) < 4.78 is 5.28. The van der Waals surface area contributed by atoms with Gasteiger partial charge in [0.2, 0.25) is 11.8 Å². The molecular formula is C22H27ClN2O3S. The number of thioether (sulfide) groups is 1. The molecule has 2 rings (SSSR count). The lowest BCUT2D eigenvalue weighted by atomic mass is 10.1. The summed E-state index contributed by atoms with van der Waals surface area (Å²) in [6.45, 7) is 2.25. The Hall–Kier alpha value is -2.18. The van der Waals surface area contributed by atoms with Crippen molar-refractivity contribution in [2.45, 2.75) is 31.7 Å². The van der Waals surface area contributed by atoms with Crippen LogP contribution in [0.3, 0.4) is 0 Å². The van der Waals surface area contributed by atoms with Crippen molar-refractivity contribution < 1.29 is 14.3 Å². The monoisotopic (exact) mass is 434 g/mol. The summed E-state index contributed by atoms with van der Waals surface area (Å²) in [5.41, 5.74) is 1.90. The lowest BCUT2D eigenvalue weighted by Crippen LogP contribution is -2.48. The van der Waals surface area contributed by atoms with Crippen molar-refractivity contribution >= 4 is 35.2 Å². The first-order valence-electron chi connectivity index (χ1n) is 9.45. The Morgan fingerprint density at radius 2 is 1.97 bits per heavy atom. The predicted molar refractivity (Wildman–Crippen MR) is 119 cm³/mol. The molecule has 2 amide bonds. The van der Waals surface area contributed by atoms with Crippen LogP contribution in [0.25, 0.3) is 0 Å². The van der Waals surface area contributed by atoms with E-state index in [0.29, 0.717) is 23.7 Å². The maximum atomic E-state index is 13.1. The van der Waals surface area contributed by atoms with Gasteiger partial charge in [0.25, 0.3) is 0 Å². The molecule has 0 bridgehead atoms. The fourth-order valence-corrected chi connectivity index (χ4v) is 4.20. The first kappa shape index (κ1) is 23.1. The maximum Gasteiger partial charge on any atom is 0.242 e. The fourth-order valence-electron chi connectivity index (χ4n) is 3.00. The molecule has 0 fully saturated rings. The minimum Gasteiger partial charge on any atom is -0.497 e. The van der Waals surface area contributed by atoms with E-state index in [-0.39, 0.29) is 17.6 Å². The molecule has 5 nitrogen and oxygen atoms in total. The average Bonchev–Trinajstić information content (AvgIpc) is 2.74. The van der Waals surface area contributed by atoms with Crippen LogP contribution in [-0.4, -0.2) is 42.7 Å². The number of nitrogens with one attached hydrogen (secondary N) is 1. The standard InChI is InChI=1S/C22H27ClN2O3S/c1-4-20(22(27)24-2)25(13-16-8-7-10-18(12-16)28-3)21(26)15-29-14-17-9-5-6-11-19(17)23/h5-12,20H,4,13-15H2,1-3H3,(H,24,27)/t20-/m0/s1. The van der Waals surface area contributed by atoms with Crippen LogP contribution in [0.1, 0.15) is 24.5 Å². The van der Waals surface area contributed by atoms with Gasteiger partial charge in [-0.05, 0) is 35.7 Å². The predicted octanol–water partition coefficient (Wildman–Crippen LogP) is 4.14. The van der Waals surface area contributed by atoms with Gasteiger partial charge in [-0.15, -0.1) is 11.8 Å². The molecule has 0 heterocycles. The van der Waals surface area contributed by atoms with Crippen LogP contribution in [-0.2, 0) is 21.9 Å². The molecule has 0 aliphatic rings. The van der Waals surface area contributed by atoms with Gasteiger partial charge < -0.3 is 15.0 Å². The van der Waals surface area contributed by atoms with Crippen LogP contribution in [0, 0.1) is 0 Å². The summed E-state index contributed by atoms with van der Waals surface area (Å²) in [5.74, 6) is 1.37. The van der Waals surface area contributed by atoms with Gasteiger partial charge in [0.15, 0.2) is 0 Å². The molecule has 1 atom stereocenters. The van der Waals surface area contributed by atoms with Gasteiger partial charge in [0, 0.05) is 24.4 Å². The van der Waals surface area contributed by atoms with Crippen LogP contribution in [0.15, 0.2) is 48.5 Å². The third-order valence-electron chi connectivity index (χ3n) is 4.56. The van der Waals surface area contributed by atoms with Crippen molar-refractivity contribution in [2.75, 3.05) is 19.9 Å². The Bertz CT molecular complexity index is 831. The van der Waals surface area contributed by atoms with E-state index >= 15 is 0 Å². The highest BCUT2D eigenvalue weighted by atomic mass is 35.5. The lowest BCUT2D eigenvalue weighted by Gasteiger charge is -2.30. The topological polar surface area (TPSA) is 58.6 Å². The van der Waals surface area contributed by atoms with E-state index in [0.717, 1.165) is 16.9 Å². The Morgan fingerprint density at radius 1 is 1.21 bits per heavy atom. The number of ether oxygens (including phenoxy) is 1. The molecule has 1 N–H and O–H groups in total. The summed E-state index contributed by atoms with van der Waals surface area (Å²) in [5, 5.41) is 3.36. The highest BCUT2D eigenvalue weighted by Gasteiger charge is 2.27. The van der Waals surface area contributed by atoms with Gasteiger partial charge in [-0.3, -0.25) is 9.59 Å². The molecule has 2 aromatic carbocycles. The van der Waals surface area contributed by atoms with Crippen LogP contribution in [0.2, 0.25) is 5.02 Å². The number of halogens is 1. The second-order valence-corrected chi connectivity index (χ2v) is 7.89. The van der Waals surface area contributed by atoms with Crippen molar-refractivity contribution in [3.05, 3.63) is 64.7 Å². The van der Waals surface area contributed by atoms with Gasteiger partial charge in [-0.2, -0.15) is 0 Å². The molecule has 7 heteroatoms. The molecule has 0 saturated carbocycles. The molecule has 0 unspecified atom stereocenters. The molecule has 0 aliphatic carbocycles. The molecule has 0 aliphatic heterocycles. The number of nitrogens with zero attached hydrogens (tertiary/aromatic N) is 1. The summed E-state index contributed by atoms with van der Waals surface area (Å²) in [4.78, 5) is 27.1. The summed E-state index contributed by atoms with van der Waals surface area (Å²) in [7, 11) is 3.19. The summed E-state index contributed by atoms with van der Waals surface area (Å²) in [6, 6.07) is 14.6. The van der Waals surface area contributed by atoms with Crippen molar-refractivity contribution in [2.24, 2.45) is 0 Å². The number of rotatable bonds is 10. The third kappa shape index (κ3) is 6.68. The number of benzene rings is 2. The molecule has 156 valence electrons. The number of hydrogen-bond acceptors (Lipinski definition) is 4. The van der Waals surface area contributed by atoms with Crippen molar-refractivity contribution in [1.82, 2.24) is 10.2 Å². The lowest BCUT2D eigenvalue weighted by molar-refractivity contribution is -0.139. The Labute approximate surface area is 181 Å². The molecule has 0 saturated heterocycles. The first-order valence-corrected chi connectivity index (χ1v) is 11.0. The largest absolute Gasteiger partial charge is 0.497 e. The molecule has 0 radical (unpaired) electrons. The van der Waals surface area contributed by atoms with Gasteiger partial charge in [0.1, 0.15) is 11.8 Å². The van der Waals surface area contributed by atoms with Crippen molar-refractivity contribution in [3.63, 3.8) is 0 Å². The number of carbonyl (C=O) groups excluding carboxylic acids is 2. The molecule has 0 spiro atoms. The first-order chi connectivity index (χ1) is 14.0. The summed E-state index contributed by atoms with van der Waals surface area (Å²) in [6.07, 6.45) is 0.532. The van der Waals surface area contributed by atoms with Crippen LogP contribution >= 0.6 is 23.4 Å². The number of likely N-dealkylation sites (N-methyl/N-ethyl adjacent to an activating group) is 1. The quantitative estimate of drug-likeness (QED) is 0.610. The zero-order valence-electron chi connectivity index (χ0n) is 17.0. The van der Waals surface area contributed by atoms with Gasteiger partial charge in [0.05, 0.1) is 12.9 Å². The van der Waals surface area contributed by atoms with E-state index in [9.17, 15) is 9.59 Å². The fraction of sp³-hybridized carbons (Fsp3) is 0.364. The summed E-state index contributed by atoms with van der Waals surface area (Å²) >= 11 is 7.69. The van der Waals surface area contributed by atoms with E-state index in [1.807, 2.05) is 55.5 Å². The minimum atomic E-state index is -0.528. The molecule has 2 aromatic rings. The van der Waals surface area contributed by atoms with Gasteiger partial charge in [-0.1, -0.05) is 48.9 Å². The number of hydrogen-bond donors (Lipinski definition) is 1. The second-order valence-electron chi connectivity index (χ2n) is 6.50. The van der Waals surface area contributed by atoms with E-state index in [1.165, 1.54) is 11.8 Å². The number of methoxy groups -OCH3 is 1. The van der Waals surface area contributed by atoms with Crippen molar-refractivity contribution in [3.8, 4) is 5.75 Å². The maximum absolute atomic E-state index is 13.1. The number of amides is 2. The Morgan fingerprint density at radius 3 is 2.62 bits per heavy atom. The molecule has 0 aromatic heterocycles. The van der Waals surface area contributed by atoms with Crippen LogP contribution in [0.4, 0.5) is 0 Å². The average molecular weight is 435 g/mol. The zero-order chi connectivity index (χ0) is 21.2.